The molecule has 2 heterocycles. The molecule has 0 aliphatic carbocycles. The summed E-state index contributed by atoms with van der Waals surface area (Å²) in [6.07, 6.45) is 5.27. The van der Waals surface area contributed by atoms with Crippen LogP contribution in [-0.2, 0) is 0 Å². The van der Waals surface area contributed by atoms with Crippen LogP contribution in [0.5, 0.6) is 0 Å². The summed E-state index contributed by atoms with van der Waals surface area (Å²) in [4.78, 5) is 16.0. The summed E-state index contributed by atoms with van der Waals surface area (Å²) in [7, 11) is 0. The number of carbonyl (C=O) groups excluding carboxylic acids is 1. The fourth-order valence-electron chi connectivity index (χ4n) is 1.49. The summed E-state index contributed by atoms with van der Waals surface area (Å²) < 4.78 is 2.26. The first-order valence-electron chi connectivity index (χ1n) is 5.61. The first-order chi connectivity index (χ1) is 8.63. The highest BCUT2D eigenvalue weighted by molar-refractivity contribution is 9.10. The predicted molar refractivity (Wildman–Crippen MR) is 72.9 cm³/mol. The number of fused-ring (bicyclic) bond motifs is 1. The van der Waals surface area contributed by atoms with Gasteiger partial charge in [0.25, 0.3) is 5.91 Å². The summed E-state index contributed by atoms with van der Waals surface area (Å²) in [6.45, 7) is 2.68. The van der Waals surface area contributed by atoms with Gasteiger partial charge < -0.3 is 5.32 Å². The van der Waals surface area contributed by atoms with E-state index in [-0.39, 0.29) is 16.6 Å². The molecule has 0 radical (unpaired) electrons. The lowest BCUT2D eigenvalue weighted by atomic mass is 10.3. The second-order valence-corrected chi connectivity index (χ2v) is 5.11. The largest absolute Gasteiger partial charge is 0.351 e. The Labute approximate surface area is 118 Å². The van der Waals surface area contributed by atoms with Crippen LogP contribution in [0, 0.1) is 0 Å². The van der Waals surface area contributed by atoms with E-state index < -0.39 is 0 Å². The number of aromatic nitrogens is 3. The van der Waals surface area contributed by atoms with Gasteiger partial charge >= 0.3 is 0 Å². The van der Waals surface area contributed by atoms with Crippen LogP contribution in [0.3, 0.4) is 0 Å². The topological polar surface area (TPSA) is 59.3 Å². The molecule has 0 unspecified atom stereocenters. The van der Waals surface area contributed by atoms with Crippen molar-refractivity contribution in [2.45, 2.75) is 19.8 Å². The Hall–Kier alpha value is -1.14. The lowest BCUT2D eigenvalue weighted by molar-refractivity contribution is 0.0948. The third-order valence-electron chi connectivity index (χ3n) is 2.42. The minimum atomic E-state index is -0.268. The first-order valence-corrected chi connectivity index (χ1v) is 6.78. The van der Waals surface area contributed by atoms with Crippen molar-refractivity contribution in [3.05, 3.63) is 27.6 Å². The molecule has 2 aromatic heterocycles. The molecule has 18 heavy (non-hydrogen) atoms. The summed E-state index contributed by atoms with van der Waals surface area (Å²) in [6, 6.07) is 0. The van der Waals surface area contributed by atoms with Crippen LogP contribution >= 0.6 is 27.5 Å². The number of nitrogens with zero attached hydrogens (tertiary/aromatic N) is 3. The van der Waals surface area contributed by atoms with Crippen LogP contribution in [-0.4, -0.2) is 27.0 Å². The normalized spacial score (nSPS) is 10.8. The van der Waals surface area contributed by atoms with E-state index in [4.69, 9.17) is 11.6 Å². The Kier molecular flexibility index (Phi) is 4.19. The molecular weight excluding hydrogens is 320 g/mol. The number of hydrogen-bond acceptors (Lipinski definition) is 3. The molecule has 0 aliphatic heterocycles. The van der Waals surface area contributed by atoms with Gasteiger partial charge in [0, 0.05) is 18.9 Å². The molecule has 0 spiro atoms. The summed E-state index contributed by atoms with van der Waals surface area (Å²) >= 11 is 9.38. The molecule has 5 nitrogen and oxygen atoms in total. The number of carbonyl (C=O) groups is 1. The van der Waals surface area contributed by atoms with Gasteiger partial charge in [-0.3, -0.25) is 4.79 Å². The Morgan fingerprint density at radius 2 is 2.39 bits per heavy atom. The minimum Gasteiger partial charge on any atom is -0.351 e. The second kappa shape index (κ2) is 5.67. The molecule has 2 aromatic rings. The summed E-state index contributed by atoms with van der Waals surface area (Å²) in [5.41, 5.74) is 0.680. The van der Waals surface area contributed by atoms with Gasteiger partial charge in [-0.1, -0.05) is 24.9 Å². The van der Waals surface area contributed by atoms with E-state index in [1.54, 1.807) is 12.4 Å². The number of hydrogen-bond donors (Lipinski definition) is 1. The average Bonchev–Trinajstić information content (AvgIpc) is 2.66. The maximum absolute atomic E-state index is 11.9. The molecule has 0 fully saturated rings. The van der Waals surface area contributed by atoms with Crippen LogP contribution in [0.1, 0.15) is 30.3 Å². The molecule has 1 amide bonds. The van der Waals surface area contributed by atoms with Gasteiger partial charge in [0.1, 0.15) is 5.02 Å². The molecule has 0 bridgehead atoms. The molecule has 1 N–H and O–H groups in total. The quantitative estimate of drug-likeness (QED) is 0.876. The van der Waals surface area contributed by atoms with Gasteiger partial charge in [0.15, 0.2) is 11.3 Å². The van der Waals surface area contributed by atoms with E-state index in [2.05, 4.69) is 38.3 Å². The smallest absolute Gasteiger partial charge is 0.273 e. The summed E-state index contributed by atoms with van der Waals surface area (Å²) in [5, 5.41) is 7.18. The number of amides is 1. The van der Waals surface area contributed by atoms with E-state index in [1.807, 2.05) is 0 Å². The average molecular weight is 332 g/mol. The van der Waals surface area contributed by atoms with Crippen molar-refractivity contribution in [3.8, 4) is 0 Å². The van der Waals surface area contributed by atoms with Crippen LogP contribution in [0.4, 0.5) is 0 Å². The highest BCUT2D eigenvalue weighted by atomic mass is 79.9. The lowest BCUT2D eigenvalue weighted by Crippen LogP contribution is -2.25. The van der Waals surface area contributed by atoms with Crippen molar-refractivity contribution in [2.75, 3.05) is 6.54 Å². The predicted octanol–water partition coefficient (Wildman–Crippen LogP) is 2.68. The van der Waals surface area contributed by atoms with Gasteiger partial charge in [0.2, 0.25) is 0 Å². The van der Waals surface area contributed by atoms with Crippen molar-refractivity contribution < 1.29 is 4.79 Å². The van der Waals surface area contributed by atoms with Crippen molar-refractivity contribution in [1.82, 2.24) is 19.9 Å². The van der Waals surface area contributed by atoms with Crippen molar-refractivity contribution in [2.24, 2.45) is 0 Å². The van der Waals surface area contributed by atoms with Gasteiger partial charge in [-0.25, -0.2) is 9.50 Å². The zero-order valence-electron chi connectivity index (χ0n) is 9.78. The van der Waals surface area contributed by atoms with Gasteiger partial charge in [-0.2, -0.15) is 5.10 Å². The molecule has 0 aromatic carbocycles. The van der Waals surface area contributed by atoms with Crippen LogP contribution in [0.25, 0.3) is 5.65 Å². The van der Waals surface area contributed by atoms with Gasteiger partial charge in [-0.15, -0.1) is 0 Å². The third kappa shape index (κ3) is 2.64. The van der Waals surface area contributed by atoms with Crippen LogP contribution < -0.4 is 5.32 Å². The third-order valence-corrected chi connectivity index (χ3v) is 3.17. The fraction of sp³-hybridized carbons (Fsp3) is 0.364. The maximum atomic E-state index is 11.9. The monoisotopic (exact) mass is 330 g/mol. The SMILES string of the molecule is CCCCNC(=O)c1nn2cc(Br)cnc2c1Cl. The Bertz CT molecular complexity index is 584. The van der Waals surface area contributed by atoms with Crippen LogP contribution in [0.2, 0.25) is 5.02 Å². The van der Waals surface area contributed by atoms with Gasteiger partial charge in [-0.05, 0) is 22.4 Å². The fourth-order valence-corrected chi connectivity index (χ4v) is 2.05. The molecule has 7 heteroatoms. The number of unbranched alkanes of at least 4 members (excludes halogenated alkanes) is 1. The van der Waals surface area contributed by atoms with Crippen molar-refractivity contribution in [3.63, 3.8) is 0 Å². The Balaban J connectivity index is 2.28. The number of halogens is 2. The number of nitrogens with one attached hydrogen (secondary N) is 1. The van der Waals surface area contributed by atoms with Crippen molar-refractivity contribution >= 4 is 39.1 Å². The molecule has 96 valence electrons. The Morgan fingerprint density at radius 3 is 3.11 bits per heavy atom. The highest BCUT2D eigenvalue weighted by Gasteiger charge is 2.18. The van der Waals surface area contributed by atoms with Crippen molar-refractivity contribution in [1.29, 1.82) is 0 Å². The van der Waals surface area contributed by atoms with E-state index in [1.165, 1.54) is 4.52 Å². The Morgan fingerprint density at radius 1 is 1.61 bits per heavy atom. The van der Waals surface area contributed by atoms with Crippen LogP contribution in [0.15, 0.2) is 16.9 Å². The maximum Gasteiger partial charge on any atom is 0.273 e. The lowest BCUT2D eigenvalue weighted by Gasteiger charge is -2.00. The standard InChI is InChI=1S/C11H12BrClN4O/c1-2-3-4-14-11(18)9-8(13)10-15-5-7(12)6-17(10)16-9/h5-6H,2-4H2,1H3,(H,14,18). The van der Waals surface area contributed by atoms with Gasteiger partial charge in [0.05, 0.1) is 4.47 Å². The first kappa shape index (κ1) is 13.3. The minimum absolute atomic E-state index is 0.207. The molecule has 0 saturated heterocycles. The highest BCUT2D eigenvalue weighted by Crippen LogP contribution is 2.21. The molecule has 0 aliphatic rings. The van der Waals surface area contributed by atoms with E-state index >= 15 is 0 Å². The molecule has 2 rings (SSSR count). The van der Waals surface area contributed by atoms with E-state index in [0.29, 0.717) is 12.2 Å². The van der Waals surface area contributed by atoms with E-state index in [9.17, 15) is 4.79 Å². The molecule has 0 atom stereocenters. The zero-order valence-corrected chi connectivity index (χ0v) is 12.1. The van der Waals surface area contributed by atoms with E-state index in [0.717, 1.165) is 17.3 Å². The summed E-state index contributed by atoms with van der Waals surface area (Å²) in [5.74, 6) is -0.268. The molecule has 0 saturated carbocycles. The second-order valence-electron chi connectivity index (χ2n) is 3.81. The number of rotatable bonds is 4. The zero-order chi connectivity index (χ0) is 13.1. The molecular formula is C11H12BrClN4O.